The zero-order chi connectivity index (χ0) is 9.97. The molecule has 0 radical (unpaired) electrons. The summed E-state index contributed by atoms with van der Waals surface area (Å²) in [5.74, 6) is -0.790. The summed E-state index contributed by atoms with van der Waals surface area (Å²) in [4.78, 5) is 10.6. The van der Waals surface area contributed by atoms with Crippen molar-refractivity contribution >= 4 is 41.6 Å². The molecule has 2 aromatic carbocycles. The van der Waals surface area contributed by atoms with Crippen LogP contribution in [0.3, 0.4) is 0 Å². The summed E-state index contributed by atoms with van der Waals surface area (Å²) in [6.07, 6.45) is 0.0847. The van der Waals surface area contributed by atoms with Gasteiger partial charge in [-0.1, -0.05) is 42.5 Å². The summed E-state index contributed by atoms with van der Waals surface area (Å²) in [5.41, 5.74) is 0.871. The van der Waals surface area contributed by atoms with Crippen molar-refractivity contribution in [3.63, 3.8) is 0 Å². The first-order valence-electron chi connectivity index (χ1n) is 4.46. The van der Waals surface area contributed by atoms with E-state index in [4.69, 9.17) is 5.11 Å². The Morgan fingerprint density at radius 3 is 2.31 bits per heavy atom. The third kappa shape index (κ3) is 3.12. The van der Waals surface area contributed by atoms with E-state index in [-0.39, 0.29) is 31.2 Å². The summed E-state index contributed by atoms with van der Waals surface area (Å²) < 4.78 is 0. The molecule has 0 saturated heterocycles. The zero-order valence-corrected chi connectivity index (χ0v) is 10.1. The van der Waals surface area contributed by atoms with E-state index in [1.165, 1.54) is 0 Å². The van der Waals surface area contributed by atoms with Gasteiger partial charge in [-0.25, -0.2) is 0 Å². The van der Waals surface area contributed by atoms with Crippen LogP contribution in [0.15, 0.2) is 42.5 Å². The lowest BCUT2D eigenvalue weighted by Gasteiger charge is -2.02. The Morgan fingerprint density at radius 1 is 1.00 bits per heavy atom. The Labute approximate surface area is 106 Å². The molecule has 16 heavy (non-hydrogen) atoms. The van der Waals surface area contributed by atoms with Crippen LogP contribution in [-0.2, 0) is 11.2 Å². The molecule has 0 atom stereocenters. The number of carboxylic acids is 1. The molecule has 0 saturated carbocycles. The van der Waals surface area contributed by atoms with Gasteiger partial charge in [-0.2, -0.15) is 0 Å². The fourth-order valence-corrected chi connectivity index (χ4v) is 1.61. The number of hydrogen-bond acceptors (Lipinski definition) is 1. The molecule has 0 aliphatic heterocycles. The molecule has 4 heteroatoms. The van der Waals surface area contributed by atoms with Crippen LogP contribution in [0.2, 0.25) is 0 Å². The molecule has 0 aliphatic rings. The second kappa shape index (κ2) is 6.36. The molecule has 0 aromatic heterocycles. The van der Waals surface area contributed by atoms with Gasteiger partial charge in [0.1, 0.15) is 0 Å². The topological polar surface area (TPSA) is 37.3 Å². The molecule has 0 fully saturated rings. The standard InChI is InChI=1S/C12H10O2.2ClH/c13-12(14)8-10-6-3-5-9-4-1-2-7-11(9)10;;/h1-7H,8H2,(H,13,14);2*1H. The number of aliphatic carboxylic acids is 1. The van der Waals surface area contributed by atoms with Crippen molar-refractivity contribution in [2.24, 2.45) is 0 Å². The Hall–Kier alpha value is -1.25. The predicted molar refractivity (Wildman–Crippen MR) is 69.8 cm³/mol. The molecular weight excluding hydrogens is 247 g/mol. The van der Waals surface area contributed by atoms with E-state index in [0.29, 0.717) is 0 Å². The molecule has 0 unspecified atom stereocenters. The van der Waals surface area contributed by atoms with E-state index < -0.39 is 5.97 Å². The van der Waals surface area contributed by atoms with Crippen molar-refractivity contribution in [1.29, 1.82) is 0 Å². The molecule has 2 aromatic rings. The lowest BCUT2D eigenvalue weighted by molar-refractivity contribution is -0.136. The first kappa shape index (κ1) is 14.8. The van der Waals surface area contributed by atoms with Crippen molar-refractivity contribution in [3.8, 4) is 0 Å². The average Bonchev–Trinajstić information content (AvgIpc) is 2.18. The van der Waals surface area contributed by atoms with Crippen molar-refractivity contribution in [2.75, 3.05) is 0 Å². The molecule has 2 nitrogen and oxygen atoms in total. The minimum atomic E-state index is -0.790. The minimum absolute atomic E-state index is 0. The Balaban J connectivity index is 0.00000112. The Morgan fingerprint density at radius 2 is 1.62 bits per heavy atom. The molecule has 0 spiro atoms. The number of carbonyl (C=O) groups is 1. The summed E-state index contributed by atoms with van der Waals surface area (Å²) in [5, 5.41) is 10.8. The van der Waals surface area contributed by atoms with Gasteiger partial charge in [0, 0.05) is 0 Å². The second-order valence-corrected chi connectivity index (χ2v) is 3.21. The number of carboxylic acid groups (broad SMARTS) is 1. The van der Waals surface area contributed by atoms with E-state index in [0.717, 1.165) is 16.3 Å². The molecule has 1 N–H and O–H groups in total. The highest BCUT2D eigenvalue weighted by atomic mass is 35.5. The maximum absolute atomic E-state index is 10.6. The van der Waals surface area contributed by atoms with Crippen molar-refractivity contribution in [2.45, 2.75) is 6.42 Å². The first-order chi connectivity index (χ1) is 6.77. The Bertz CT molecular complexity index is 478. The highest BCUT2D eigenvalue weighted by molar-refractivity contribution is 5.88. The van der Waals surface area contributed by atoms with Gasteiger partial charge in [0.2, 0.25) is 0 Å². The maximum Gasteiger partial charge on any atom is 0.307 e. The number of halogens is 2. The molecule has 0 bridgehead atoms. The smallest absolute Gasteiger partial charge is 0.307 e. The van der Waals surface area contributed by atoms with E-state index >= 15 is 0 Å². The van der Waals surface area contributed by atoms with Crippen LogP contribution in [0.1, 0.15) is 5.56 Å². The van der Waals surface area contributed by atoms with Crippen molar-refractivity contribution < 1.29 is 9.90 Å². The number of rotatable bonds is 2. The normalized spacial score (nSPS) is 9.00. The third-order valence-corrected chi connectivity index (χ3v) is 2.22. The third-order valence-electron chi connectivity index (χ3n) is 2.22. The SMILES string of the molecule is Cl.Cl.O=C(O)Cc1cccc2ccccc12. The van der Waals surface area contributed by atoms with Crippen LogP contribution in [0.25, 0.3) is 10.8 Å². The van der Waals surface area contributed by atoms with Crippen LogP contribution in [0, 0.1) is 0 Å². The fourth-order valence-electron chi connectivity index (χ4n) is 1.61. The first-order valence-corrected chi connectivity index (χ1v) is 4.46. The maximum atomic E-state index is 10.6. The minimum Gasteiger partial charge on any atom is -0.481 e. The van der Waals surface area contributed by atoms with Gasteiger partial charge in [-0.15, -0.1) is 24.8 Å². The lowest BCUT2D eigenvalue weighted by Crippen LogP contribution is -2.00. The van der Waals surface area contributed by atoms with Crippen LogP contribution in [0.5, 0.6) is 0 Å². The molecule has 0 aliphatic carbocycles. The van der Waals surface area contributed by atoms with Gasteiger partial charge in [-0.3, -0.25) is 4.79 Å². The molecule has 86 valence electrons. The predicted octanol–water partition coefficient (Wildman–Crippen LogP) is 3.31. The van der Waals surface area contributed by atoms with Gasteiger partial charge in [0.25, 0.3) is 0 Å². The lowest BCUT2D eigenvalue weighted by atomic mass is 10.0. The molecule has 0 amide bonds. The van der Waals surface area contributed by atoms with Crippen LogP contribution in [0.4, 0.5) is 0 Å². The van der Waals surface area contributed by atoms with Crippen molar-refractivity contribution in [3.05, 3.63) is 48.0 Å². The van der Waals surface area contributed by atoms with E-state index in [1.807, 2.05) is 42.5 Å². The van der Waals surface area contributed by atoms with Gasteiger partial charge < -0.3 is 5.11 Å². The highest BCUT2D eigenvalue weighted by Crippen LogP contribution is 2.18. The summed E-state index contributed by atoms with van der Waals surface area (Å²) >= 11 is 0. The van der Waals surface area contributed by atoms with E-state index in [1.54, 1.807) is 0 Å². The second-order valence-electron chi connectivity index (χ2n) is 3.21. The highest BCUT2D eigenvalue weighted by Gasteiger charge is 2.03. The van der Waals surface area contributed by atoms with Gasteiger partial charge in [0.15, 0.2) is 0 Å². The van der Waals surface area contributed by atoms with Crippen LogP contribution >= 0.6 is 24.8 Å². The van der Waals surface area contributed by atoms with Crippen LogP contribution in [-0.4, -0.2) is 11.1 Å². The van der Waals surface area contributed by atoms with Crippen LogP contribution < -0.4 is 0 Å². The summed E-state index contributed by atoms with van der Waals surface area (Å²) in [6.45, 7) is 0. The van der Waals surface area contributed by atoms with E-state index in [2.05, 4.69) is 0 Å². The van der Waals surface area contributed by atoms with E-state index in [9.17, 15) is 4.79 Å². The van der Waals surface area contributed by atoms with Gasteiger partial charge in [-0.05, 0) is 16.3 Å². The molecular formula is C12H12Cl2O2. The van der Waals surface area contributed by atoms with Gasteiger partial charge >= 0.3 is 5.97 Å². The largest absolute Gasteiger partial charge is 0.481 e. The number of hydrogen-bond donors (Lipinski definition) is 1. The fraction of sp³-hybridized carbons (Fsp3) is 0.0833. The molecule has 2 rings (SSSR count). The Kier molecular flexibility index (Phi) is 5.86. The number of fused-ring (bicyclic) bond motifs is 1. The monoisotopic (exact) mass is 258 g/mol. The zero-order valence-electron chi connectivity index (χ0n) is 8.42. The average molecular weight is 259 g/mol. The summed E-state index contributed by atoms with van der Waals surface area (Å²) in [6, 6.07) is 13.5. The van der Waals surface area contributed by atoms with Gasteiger partial charge in [0.05, 0.1) is 6.42 Å². The molecule has 0 heterocycles. The summed E-state index contributed by atoms with van der Waals surface area (Å²) in [7, 11) is 0. The van der Waals surface area contributed by atoms with Crippen molar-refractivity contribution in [1.82, 2.24) is 0 Å². The number of benzene rings is 2. The quantitative estimate of drug-likeness (QED) is 0.898.